The molecule has 1 heterocycles. The van der Waals surface area contributed by atoms with E-state index in [0.717, 1.165) is 0 Å². The normalized spacial score (nSPS) is 10.6. The van der Waals surface area contributed by atoms with Crippen LogP contribution in [0.2, 0.25) is 0 Å². The topological polar surface area (TPSA) is 94.8 Å². The number of aromatic hydroxyl groups is 1. The number of carbonyl (C=O) groups excluding carboxylic acids is 2. The van der Waals surface area contributed by atoms with E-state index in [0.29, 0.717) is 12.1 Å². The number of carbonyl (C=O) groups is 2. The molecule has 1 N–H and O–H groups in total. The summed E-state index contributed by atoms with van der Waals surface area (Å²) >= 11 is 0. The van der Waals surface area contributed by atoms with Gasteiger partial charge in [0, 0.05) is 11.9 Å². The van der Waals surface area contributed by atoms with Crippen LogP contribution in [-0.2, 0) is 16.0 Å². The van der Waals surface area contributed by atoms with Gasteiger partial charge >= 0.3 is 11.9 Å². The quantitative estimate of drug-likeness (QED) is 0.842. The van der Waals surface area contributed by atoms with Gasteiger partial charge in [0.15, 0.2) is 5.56 Å². The van der Waals surface area contributed by atoms with E-state index in [4.69, 9.17) is 9.47 Å². The number of aromatic nitrogens is 1. The van der Waals surface area contributed by atoms with Crippen molar-refractivity contribution in [2.75, 3.05) is 13.2 Å². The van der Waals surface area contributed by atoms with Gasteiger partial charge < -0.3 is 19.1 Å². The van der Waals surface area contributed by atoms with E-state index in [9.17, 15) is 19.5 Å². The van der Waals surface area contributed by atoms with Gasteiger partial charge in [-0.15, -0.1) is 0 Å². The summed E-state index contributed by atoms with van der Waals surface area (Å²) in [5.41, 5.74) is -0.436. The monoisotopic (exact) mass is 333 g/mol. The molecule has 0 aliphatic rings. The average Bonchev–Trinajstić information content (AvgIpc) is 2.55. The van der Waals surface area contributed by atoms with Crippen LogP contribution in [0.4, 0.5) is 0 Å². The first-order chi connectivity index (χ1) is 11.5. The fraction of sp³-hybridized carbons (Fsp3) is 0.353. The van der Waals surface area contributed by atoms with Gasteiger partial charge in [-0.05, 0) is 39.0 Å². The van der Waals surface area contributed by atoms with E-state index in [1.165, 1.54) is 16.7 Å². The fourth-order valence-corrected chi connectivity index (χ4v) is 2.48. The van der Waals surface area contributed by atoms with Crippen molar-refractivity contribution in [2.24, 2.45) is 0 Å². The second-order valence-corrected chi connectivity index (χ2v) is 4.95. The summed E-state index contributed by atoms with van der Waals surface area (Å²) in [6, 6.07) is 4.45. The molecule has 2 aromatic rings. The van der Waals surface area contributed by atoms with Crippen molar-refractivity contribution in [1.82, 2.24) is 4.57 Å². The van der Waals surface area contributed by atoms with E-state index < -0.39 is 28.8 Å². The Morgan fingerprint density at radius 1 is 1.08 bits per heavy atom. The molecular weight excluding hydrogens is 314 g/mol. The number of hydrogen-bond donors (Lipinski definition) is 1. The lowest BCUT2D eigenvalue weighted by Gasteiger charge is -2.14. The molecule has 1 aromatic heterocycles. The molecule has 0 amide bonds. The maximum Gasteiger partial charge on any atom is 0.347 e. The van der Waals surface area contributed by atoms with Gasteiger partial charge in [-0.3, -0.25) is 4.79 Å². The van der Waals surface area contributed by atoms with Crippen LogP contribution in [-0.4, -0.2) is 34.8 Å². The molecule has 128 valence electrons. The Kier molecular flexibility index (Phi) is 5.23. The minimum atomic E-state index is -0.898. The van der Waals surface area contributed by atoms with E-state index in [1.807, 2.05) is 0 Å². The molecule has 0 fully saturated rings. The van der Waals surface area contributed by atoms with E-state index >= 15 is 0 Å². The SMILES string of the molecule is CCOC(=O)c1ccc2c(c1)c(O)c(C(=O)OCC)c(=O)n2CC. The number of nitrogens with zero attached hydrogens (tertiary/aromatic N) is 1. The number of pyridine rings is 1. The first-order valence-corrected chi connectivity index (χ1v) is 7.69. The van der Waals surface area contributed by atoms with Gasteiger partial charge in [0.1, 0.15) is 5.75 Å². The molecule has 0 aliphatic heterocycles. The molecule has 0 unspecified atom stereocenters. The summed E-state index contributed by atoms with van der Waals surface area (Å²) in [7, 11) is 0. The third-order valence-electron chi connectivity index (χ3n) is 3.55. The predicted octanol–water partition coefficient (Wildman–Crippen LogP) is 2.08. The van der Waals surface area contributed by atoms with E-state index in [-0.39, 0.29) is 24.2 Å². The molecule has 0 spiro atoms. The van der Waals surface area contributed by atoms with Crippen LogP contribution in [0.15, 0.2) is 23.0 Å². The van der Waals surface area contributed by atoms with Crippen LogP contribution >= 0.6 is 0 Å². The number of fused-ring (bicyclic) bond motifs is 1. The van der Waals surface area contributed by atoms with Gasteiger partial charge in [0.05, 0.1) is 24.3 Å². The van der Waals surface area contributed by atoms with Crippen LogP contribution < -0.4 is 5.56 Å². The highest BCUT2D eigenvalue weighted by molar-refractivity contribution is 6.02. The first kappa shape index (κ1) is 17.5. The van der Waals surface area contributed by atoms with Crippen molar-refractivity contribution in [1.29, 1.82) is 0 Å². The number of esters is 2. The molecule has 2 rings (SSSR count). The Labute approximate surface area is 138 Å². The lowest BCUT2D eigenvalue weighted by molar-refractivity contribution is 0.0514. The van der Waals surface area contributed by atoms with E-state index in [2.05, 4.69) is 0 Å². The molecule has 7 heteroatoms. The number of rotatable bonds is 5. The lowest BCUT2D eigenvalue weighted by Crippen LogP contribution is -2.27. The van der Waals surface area contributed by atoms with Crippen molar-refractivity contribution >= 4 is 22.8 Å². The molecule has 0 atom stereocenters. The van der Waals surface area contributed by atoms with Gasteiger partial charge in [0.25, 0.3) is 5.56 Å². The summed E-state index contributed by atoms with van der Waals surface area (Å²) in [4.78, 5) is 36.4. The maximum atomic E-state index is 12.5. The molecule has 0 radical (unpaired) electrons. The predicted molar refractivity (Wildman–Crippen MR) is 87.5 cm³/mol. The Morgan fingerprint density at radius 2 is 1.71 bits per heavy atom. The standard InChI is InChI=1S/C17H19NO6/c1-4-18-12-8-7-10(16(21)23-5-2)9-11(12)14(19)13(15(18)20)17(22)24-6-3/h7-9,19H,4-6H2,1-3H3. The number of aryl methyl sites for hydroxylation is 1. The molecule has 0 saturated carbocycles. The van der Waals surface area contributed by atoms with Crippen molar-refractivity contribution < 1.29 is 24.2 Å². The smallest absolute Gasteiger partial charge is 0.347 e. The van der Waals surface area contributed by atoms with Gasteiger partial charge in [-0.25, -0.2) is 9.59 Å². The van der Waals surface area contributed by atoms with Gasteiger partial charge in [-0.2, -0.15) is 0 Å². The third kappa shape index (κ3) is 2.97. The minimum Gasteiger partial charge on any atom is -0.506 e. The average molecular weight is 333 g/mol. The molecule has 1 aromatic carbocycles. The Bertz CT molecular complexity index is 852. The van der Waals surface area contributed by atoms with Crippen LogP contribution in [0.1, 0.15) is 41.5 Å². The number of hydrogen-bond acceptors (Lipinski definition) is 6. The zero-order valence-electron chi connectivity index (χ0n) is 13.8. The number of ether oxygens (including phenoxy) is 2. The van der Waals surface area contributed by atoms with Crippen LogP contribution in [0.3, 0.4) is 0 Å². The molecule has 0 bridgehead atoms. The highest BCUT2D eigenvalue weighted by Crippen LogP contribution is 2.28. The van der Waals surface area contributed by atoms with Crippen molar-refractivity contribution in [3.05, 3.63) is 39.7 Å². The summed E-state index contributed by atoms with van der Waals surface area (Å²) in [6.07, 6.45) is 0. The summed E-state index contributed by atoms with van der Waals surface area (Å²) in [5, 5.41) is 10.6. The first-order valence-electron chi connectivity index (χ1n) is 7.69. The number of benzene rings is 1. The molecule has 24 heavy (non-hydrogen) atoms. The van der Waals surface area contributed by atoms with E-state index in [1.54, 1.807) is 26.8 Å². The molecule has 0 saturated heterocycles. The molecular formula is C17H19NO6. The van der Waals surface area contributed by atoms with Crippen LogP contribution in [0.25, 0.3) is 10.9 Å². The summed E-state index contributed by atoms with van der Waals surface area (Å²) in [5.74, 6) is -1.94. The van der Waals surface area contributed by atoms with Crippen molar-refractivity contribution in [3.8, 4) is 5.75 Å². The fourth-order valence-electron chi connectivity index (χ4n) is 2.48. The summed E-state index contributed by atoms with van der Waals surface area (Å²) < 4.78 is 11.1. The highest BCUT2D eigenvalue weighted by Gasteiger charge is 2.23. The zero-order valence-corrected chi connectivity index (χ0v) is 13.8. The van der Waals surface area contributed by atoms with Crippen LogP contribution in [0, 0.1) is 0 Å². The van der Waals surface area contributed by atoms with Gasteiger partial charge in [0.2, 0.25) is 0 Å². The van der Waals surface area contributed by atoms with Crippen LogP contribution in [0.5, 0.6) is 5.75 Å². The zero-order chi connectivity index (χ0) is 17.9. The Morgan fingerprint density at radius 3 is 2.29 bits per heavy atom. The minimum absolute atomic E-state index is 0.0741. The maximum absolute atomic E-state index is 12.5. The second-order valence-electron chi connectivity index (χ2n) is 4.95. The summed E-state index contributed by atoms with van der Waals surface area (Å²) in [6.45, 7) is 5.61. The molecule has 7 nitrogen and oxygen atoms in total. The third-order valence-corrected chi connectivity index (χ3v) is 3.55. The molecule has 0 aliphatic carbocycles. The largest absolute Gasteiger partial charge is 0.506 e. The Balaban J connectivity index is 2.78. The lowest BCUT2D eigenvalue weighted by atomic mass is 10.1. The second kappa shape index (κ2) is 7.16. The van der Waals surface area contributed by atoms with Crippen molar-refractivity contribution in [2.45, 2.75) is 27.3 Å². The van der Waals surface area contributed by atoms with Crippen molar-refractivity contribution in [3.63, 3.8) is 0 Å². The van der Waals surface area contributed by atoms with Gasteiger partial charge in [-0.1, -0.05) is 0 Å². The highest BCUT2D eigenvalue weighted by atomic mass is 16.5. The Hall–Kier alpha value is -2.83.